The number of aliphatic hydroxyl groups is 1. The summed E-state index contributed by atoms with van der Waals surface area (Å²) in [4.78, 5) is 0.176. The van der Waals surface area contributed by atoms with Gasteiger partial charge in [-0.25, -0.2) is 8.42 Å². The van der Waals surface area contributed by atoms with Crippen molar-refractivity contribution in [2.45, 2.75) is 29.9 Å². The van der Waals surface area contributed by atoms with Crippen molar-refractivity contribution in [2.24, 2.45) is 5.92 Å². The molecule has 0 amide bonds. The van der Waals surface area contributed by atoms with Gasteiger partial charge in [-0.1, -0.05) is 39.7 Å². The van der Waals surface area contributed by atoms with Gasteiger partial charge in [-0.3, -0.25) is 0 Å². The topological polar surface area (TPSA) is 69.6 Å². The van der Waals surface area contributed by atoms with Gasteiger partial charge in [0.05, 0.1) is 11.8 Å². The number of hydrogen-bond donors (Lipinski definition) is 2. The average molecular weight is 532 g/mol. The van der Waals surface area contributed by atoms with E-state index >= 15 is 0 Å². The highest BCUT2D eigenvalue weighted by Crippen LogP contribution is 2.41. The van der Waals surface area contributed by atoms with Crippen molar-refractivity contribution in [1.29, 1.82) is 0 Å². The smallest absolute Gasteiger partial charge is 0.245 e. The maximum absolute atomic E-state index is 13.6. The number of hydrogen-bond acceptors (Lipinski definition) is 5. The number of nitrogens with zero attached hydrogens (tertiary/aromatic N) is 1. The van der Waals surface area contributed by atoms with E-state index in [-0.39, 0.29) is 17.5 Å². The zero-order valence-corrected chi connectivity index (χ0v) is 20.3. The fourth-order valence-electron chi connectivity index (χ4n) is 3.75. The highest BCUT2D eigenvalue weighted by atomic mass is 79.9. The summed E-state index contributed by atoms with van der Waals surface area (Å²) in [6, 6.07) is 12.3. The van der Waals surface area contributed by atoms with E-state index in [1.54, 1.807) is 16.4 Å². The molecule has 1 aliphatic carbocycles. The first-order valence-electron chi connectivity index (χ1n) is 9.93. The Labute approximate surface area is 195 Å². The van der Waals surface area contributed by atoms with E-state index in [2.05, 4.69) is 21.2 Å². The average Bonchev–Trinajstić information content (AvgIpc) is 3.58. The molecule has 5 nitrogen and oxygen atoms in total. The SMILES string of the molecule is O=S(=O)(c1cc(Cl)ccc1NC[C@H](O)c1ccc(Br)cc1)N1CCSCC1C1CC1. The summed E-state index contributed by atoms with van der Waals surface area (Å²) < 4.78 is 29.8. The van der Waals surface area contributed by atoms with Crippen LogP contribution in [0.4, 0.5) is 5.69 Å². The molecule has 0 radical (unpaired) electrons. The van der Waals surface area contributed by atoms with Crippen molar-refractivity contribution in [3.05, 3.63) is 57.5 Å². The van der Waals surface area contributed by atoms with Crippen molar-refractivity contribution in [3.63, 3.8) is 0 Å². The van der Waals surface area contributed by atoms with Crippen LogP contribution in [0, 0.1) is 5.92 Å². The van der Waals surface area contributed by atoms with Gasteiger partial charge in [0.2, 0.25) is 10.0 Å². The Morgan fingerprint density at radius 1 is 1.23 bits per heavy atom. The first-order valence-corrected chi connectivity index (χ1v) is 13.7. The van der Waals surface area contributed by atoms with Crippen molar-refractivity contribution in [1.82, 2.24) is 4.31 Å². The first kappa shape index (κ1) is 22.4. The van der Waals surface area contributed by atoms with Gasteiger partial charge in [0.15, 0.2) is 0 Å². The molecule has 4 rings (SSSR count). The van der Waals surface area contributed by atoms with Crippen molar-refractivity contribution < 1.29 is 13.5 Å². The standard InChI is InChI=1S/C21H24BrClN2O3S2/c22-16-5-3-15(4-6-16)20(26)12-24-18-8-7-17(23)11-21(18)30(27,28)25-9-10-29-13-19(25)14-1-2-14/h3-8,11,14,19-20,24,26H,1-2,9-10,12-13H2/t19?,20-/m0/s1. The Morgan fingerprint density at radius 3 is 2.67 bits per heavy atom. The number of nitrogens with one attached hydrogen (secondary N) is 1. The van der Waals surface area contributed by atoms with E-state index in [1.165, 1.54) is 6.07 Å². The first-order chi connectivity index (χ1) is 14.4. The Bertz CT molecular complexity index is 1000. The van der Waals surface area contributed by atoms with Crippen LogP contribution in [0.25, 0.3) is 0 Å². The number of aliphatic hydroxyl groups excluding tert-OH is 1. The zero-order chi connectivity index (χ0) is 21.3. The second-order valence-electron chi connectivity index (χ2n) is 7.68. The summed E-state index contributed by atoms with van der Waals surface area (Å²) >= 11 is 11.4. The van der Waals surface area contributed by atoms with E-state index in [0.29, 0.717) is 23.2 Å². The molecule has 1 unspecified atom stereocenters. The fourth-order valence-corrected chi connectivity index (χ4v) is 7.53. The highest BCUT2D eigenvalue weighted by Gasteiger charge is 2.43. The lowest BCUT2D eigenvalue weighted by Crippen LogP contribution is -2.47. The number of rotatable bonds is 7. The van der Waals surface area contributed by atoms with Gasteiger partial charge < -0.3 is 10.4 Å². The Balaban J connectivity index is 1.57. The second kappa shape index (κ2) is 9.38. The number of halogens is 2. The maximum Gasteiger partial charge on any atom is 0.245 e. The maximum atomic E-state index is 13.6. The molecule has 0 spiro atoms. The van der Waals surface area contributed by atoms with Crippen LogP contribution in [-0.2, 0) is 10.0 Å². The molecule has 1 saturated heterocycles. The molecule has 0 bridgehead atoms. The molecule has 2 aromatic rings. The minimum absolute atomic E-state index is 0.0499. The van der Waals surface area contributed by atoms with Gasteiger partial charge >= 0.3 is 0 Å². The predicted molar refractivity (Wildman–Crippen MR) is 127 cm³/mol. The van der Waals surface area contributed by atoms with Crippen LogP contribution in [0.3, 0.4) is 0 Å². The number of sulfonamides is 1. The summed E-state index contributed by atoms with van der Waals surface area (Å²) in [5.74, 6) is 2.10. The van der Waals surface area contributed by atoms with Crippen LogP contribution in [0.2, 0.25) is 5.02 Å². The van der Waals surface area contributed by atoms with Crippen molar-refractivity contribution in [3.8, 4) is 0 Å². The molecule has 1 saturated carbocycles. The largest absolute Gasteiger partial charge is 0.387 e. The van der Waals surface area contributed by atoms with E-state index in [9.17, 15) is 13.5 Å². The lowest BCUT2D eigenvalue weighted by atomic mass is 10.1. The normalized spacial score (nSPS) is 21.4. The van der Waals surface area contributed by atoms with Crippen LogP contribution in [0.5, 0.6) is 0 Å². The molecular formula is C21H24BrClN2O3S2. The van der Waals surface area contributed by atoms with Gasteiger partial charge in [-0.15, -0.1) is 0 Å². The molecule has 0 aromatic heterocycles. The molecule has 2 N–H and O–H groups in total. The van der Waals surface area contributed by atoms with Crippen LogP contribution < -0.4 is 5.32 Å². The van der Waals surface area contributed by atoms with Gasteiger partial charge in [-0.05, 0) is 54.7 Å². The van der Waals surface area contributed by atoms with Gasteiger partial charge in [0.1, 0.15) is 4.90 Å². The lowest BCUT2D eigenvalue weighted by Gasteiger charge is -2.35. The van der Waals surface area contributed by atoms with Crippen LogP contribution in [0.1, 0.15) is 24.5 Å². The van der Waals surface area contributed by atoms with Crippen LogP contribution >= 0.6 is 39.3 Å². The molecule has 9 heteroatoms. The van der Waals surface area contributed by atoms with E-state index < -0.39 is 16.1 Å². The van der Waals surface area contributed by atoms with Crippen LogP contribution in [0.15, 0.2) is 51.8 Å². The monoisotopic (exact) mass is 530 g/mol. The van der Waals surface area contributed by atoms with Gasteiger partial charge in [0.25, 0.3) is 0 Å². The summed E-state index contributed by atoms with van der Waals surface area (Å²) in [7, 11) is -3.70. The van der Waals surface area contributed by atoms with Gasteiger partial charge in [-0.2, -0.15) is 16.1 Å². The fraction of sp³-hybridized carbons (Fsp3) is 0.429. The molecule has 162 valence electrons. The molecule has 2 aliphatic rings. The number of thioether (sulfide) groups is 1. The molecule has 1 heterocycles. The lowest BCUT2D eigenvalue weighted by molar-refractivity contribution is 0.191. The summed E-state index contributed by atoms with van der Waals surface area (Å²) in [6.07, 6.45) is 1.42. The number of benzene rings is 2. The van der Waals surface area contributed by atoms with Crippen molar-refractivity contribution in [2.75, 3.05) is 29.9 Å². The van der Waals surface area contributed by atoms with Gasteiger partial charge in [0, 0.05) is 40.1 Å². The van der Waals surface area contributed by atoms with Crippen molar-refractivity contribution >= 4 is 55.0 Å². The summed E-state index contributed by atoms with van der Waals surface area (Å²) in [5, 5.41) is 14.0. The Kier molecular flexibility index (Phi) is 7.01. The van der Waals surface area contributed by atoms with E-state index in [0.717, 1.165) is 34.4 Å². The number of anilines is 1. The van der Waals surface area contributed by atoms with Crippen LogP contribution in [-0.4, -0.2) is 48.5 Å². The van der Waals surface area contributed by atoms with E-state index in [4.69, 9.17) is 11.6 Å². The second-order valence-corrected chi connectivity index (χ2v) is 12.0. The predicted octanol–water partition coefficient (Wildman–Crippen LogP) is 4.76. The molecule has 1 aliphatic heterocycles. The van der Waals surface area contributed by atoms with E-state index in [1.807, 2.05) is 36.0 Å². The third-order valence-electron chi connectivity index (χ3n) is 5.55. The Morgan fingerprint density at radius 2 is 1.97 bits per heavy atom. The third-order valence-corrected chi connectivity index (χ3v) is 9.33. The summed E-state index contributed by atoms with van der Waals surface area (Å²) in [5.41, 5.74) is 1.22. The molecular weight excluding hydrogens is 508 g/mol. The Hall–Kier alpha value is -0.770. The molecule has 2 atom stereocenters. The molecule has 30 heavy (non-hydrogen) atoms. The highest BCUT2D eigenvalue weighted by molar-refractivity contribution is 9.10. The summed E-state index contributed by atoms with van der Waals surface area (Å²) in [6.45, 7) is 0.704. The molecule has 2 fully saturated rings. The molecule has 2 aromatic carbocycles. The minimum atomic E-state index is -3.70. The quantitative estimate of drug-likeness (QED) is 0.539. The minimum Gasteiger partial charge on any atom is -0.387 e. The zero-order valence-electron chi connectivity index (χ0n) is 16.3. The third kappa shape index (κ3) is 5.00.